The van der Waals surface area contributed by atoms with Crippen LogP contribution in [0.5, 0.6) is 11.5 Å². The van der Waals surface area contributed by atoms with Gasteiger partial charge in [-0.1, -0.05) is 109 Å². The molecule has 0 saturated carbocycles. The van der Waals surface area contributed by atoms with Crippen LogP contribution in [0.1, 0.15) is 75.4 Å². The molecule has 10 rings (SSSR count). The SMILES string of the molecule is COc1ccc(C(OC[C@H]2O[C@@H](n3cnc4c(=O)[nH]c(NCCCc5ccc6ccc7cccc8ccc5c6c78)nc43)C[C@@H]2OP(OCCC#N)N(C(C)C)C(C)C)(c2ccccc2)c2ccc(OC)cc2)cc1. The highest BCUT2D eigenvalue weighted by molar-refractivity contribution is 7.44. The van der Waals surface area contributed by atoms with Gasteiger partial charge in [0.15, 0.2) is 11.2 Å². The van der Waals surface area contributed by atoms with Gasteiger partial charge < -0.3 is 33.3 Å². The Bertz CT molecular complexity index is 3360. The Labute approximate surface area is 432 Å². The number of ether oxygens (including phenoxy) is 4. The second-order valence-electron chi connectivity index (χ2n) is 19.2. The van der Waals surface area contributed by atoms with Crippen molar-refractivity contribution >= 4 is 58.0 Å². The molecule has 9 aromatic rings. The molecule has 4 atom stereocenters. The van der Waals surface area contributed by atoms with Crippen LogP contribution in [0.4, 0.5) is 5.95 Å². The number of hydrogen-bond donors (Lipinski definition) is 2. The van der Waals surface area contributed by atoms with Crippen molar-refractivity contribution in [3.05, 3.63) is 172 Å². The average molecular weight is 1010 g/mol. The van der Waals surface area contributed by atoms with Crippen LogP contribution in [0.15, 0.2) is 145 Å². The van der Waals surface area contributed by atoms with Crippen molar-refractivity contribution in [2.24, 2.45) is 0 Å². The van der Waals surface area contributed by atoms with Crippen LogP contribution >= 0.6 is 8.53 Å². The Morgan fingerprint density at radius 3 is 2.11 bits per heavy atom. The quantitative estimate of drug-likeness (QED) is 0.0287. The number of hydrogen-bond acceptors (Lipinski definition) is 12. The highest BCUT2D eigenvalue weighted by Gasteiger charge is 2.45. The second kappa shape index (κ2) is 22.3. The smallest absolute Gasteiger partial charge is 0.280 e. The van der Waals surface area contributed by atoms with E-state index in [-0.39, 0.29) is 42.8 Å². The molecule has 0 spiro atoms. The zero-order valence-corrected chi connectivity index (χ0v) is 43.6. The summed E-state index contributed by atoms with van der Waals surface area (Å²) in [6.07, 6.45) is 1.91. The minimum Gasteiger partial charge on any atom is -0.497 e. The van der Waals surface area contributed by atoms with E-state index in [0.717, 1.165) is 29.5 Å². The number of nitrogens with zero attached hydrogens (tertiary/aromatic N) is 5. The van der Waals surface area contributed by atoms with E-state index < -0.39 is 32.6 Å². The molecule has 0 bridgehead atoms. The highest BCUT2D eigenvalue weighted by atomic mass is 31.2. The van der Waals surface area contributed by atoms with Crippen LogP contribution in [0, 0.1) is 11.3 Å². The van der Waals surface area contributed by atoms with Crippen LogP contribution in [0.25, 0.3) is 43.5 Å². The molecular formula is C59H62N7O7P. The van der Waals surface area contributed by atoms with Crippen molar-refractivity contribution in [3.8, 4) is 17.6 Å². The molecule has 1 aliphatic heterocycles. The van der Waals surface area contributed by atoms with E-state index >= 15 is 0 Å². The van der Waals surface area contributed by atoms with Gasteiger partial charge in [0.2, 0.25) is 5.95 Å². The summed E-state index contributed by atoms with van der Waals surface area (Å²) in [6.45, 7) is 9.28. The summed E-state index contributed by atoms with van der Waals surface area (Å²) in [6, 6.07) is 48.1. The molecule has 1 aliphatic rings. The van der Waals surface area contributed by atoms with E-state index in [0.29, 0.717) is 36.1 Å². The molecule has 3 heterocycles. The molecule has 380 valence electrons. The predicted molar refractivity (Wildman–Crippen MR) is 292 cm³/mol. The van der Waals surface area contributed by atoms with Gasteiger partial charge >= 0.3 is 0 Å². The Hall–Kier alpha value is -6.95. The largest absolute Gasteiger partial charge is 0.497 e. The molecule has 14 nitrogen and oxygen atoms in total. The number of anilines is 1. The summed E-state index contributed by atoms with van der Waals surface area (Å²) in [5.74, 6) is 1.77. The molecule has 0 aliphatic carbocycles. The van der Waals surface area contributed by atoms with Gasteiger partial charge in [-0.3, -0.25) is 14.3 Å². The van der Waals surface area contributed by atoms with E-state index in [4.69, 9.17) is 33.0 Å². The third kappa shape index (κ3) is 10.0. The molecule has 7 aromatic carbocycles. The Morgan fingerprint density at radius 2 is 1.46 bits per heavy atom. The summed E-state index contributed by atoms with van der Waals surface area (Å²) in [5.41, 5.74) is 2.98. The molecule has 0 amide bonds. The Kier molecular flexibility index (Phi) is 15.2. The van der Waals surface area contributed by atoms with Crippen LogP contribution < -0.4 is 20.3 Å². The van der Waals surface area contributed by atoms with Crippen molar-refractivity contribution in [2.75, 3.05) is 39.3 Å². The zero-order chi connectivity index (χ0) is 51.3. The molecule has 2 aromatic heterocycles. The van der Waals surface area contributed by atoms with Crippen LogP contribution in [0.3, 0.4) is 0 Å². The fourth-order valence-electron chi connectivity index (χ4n) is 10.5. The number of aromatic nitrogens is 4. The second-order valence-corrected chi connectivity index (χ2v) is 20.6. The summed E-state index contributed by atoms with van der Waals surface area (Å²) in [7, 11) is 1.61. The average Bonchev–Trinajstić information content (AvgIpc) is 4.05. The lowest BCUT2D eigenvalue weighted by molar-refractivity contribution is -0.0912. The van der Waals surface area contributed by atoms with Crippen molar-refractivity contribution in [3.63, 3.8) is 0 Å². The number of nitrogens with one attached hydrogen (secondary N) is 2. The third-order valence-electron chi connectivity index (χ3n) is 14.0. The first-order valence-corrected chi connectivity index (χ1v) is 26.5. The molecular weight excluding hydrogens is 950 g/mol. The number of aromatic amines is 1. The van der Waals surface area contributed by atoms with Crippen LogP contribution in [-0.4, -0.2) is 82.5 Å². The highest BCUT2D eigenvalue weighted by Crippen LogP contribution is 2.51. The lowest BCUT2D eigenvalue weighted by atomic mass is 9.80. The van der Waals surface area contributed by atoms with E-state index in [1.54, 1.807) is 20.5 Å². The van der Waals surface area contributed by atoms with Gasteiger partial charge in [0.05, 0.1) is 52.4 Å². The number of H-pyrrole nitrogens is 1. The first-order valence-electron chi connectivity index (χ1n) is 25.3. The minimum atomic E-state index is -1.69. The summed E-state index contributed by atoms with van der Waals surface area (Å²) < 4.78 is 43.3. The standard InChI is InChI=1S/C59H62N7O7P/c1-38(2)66(39(3)4)74(71-34-12-32-60)73-50-35-52(72-51(50)36-70-59(44-16-8-7-9-17-44,45-23-27-47(68-5)28-24-45)46-25-29-48(69-6)30-26-46)65-37-62-55-56(65)63-58(64-57(55)67)61-33-11-15-40-18-19-43-21-20-41-13-10-14-42-22-31-49(40)54(43)53(41)42/h7-10,13-14,16-31,37-39,50-52H,11-12,15,33-36H2,1-6H3,(H2,61,63,64,67)/t50-,51+,52+,74?/m0/s1. The van der Waals surface area contributed by atoms with E-state index in [1.807, 2.05) is 71.3 Å². The fraction of sp³-hybridized carbons (Fsp3) is 0.322. The molecule has 74 heavy (non-hydrogen) atoms. The van der Waals surface area contributed by atoms with E-state index in [9.17, 15) is 10.1 Å². The molecule has 2 N–H and O–H groups in total. The Morgan fingerprint density at radius 1 is 0.824 bits per heavy atom. The number of imidazole rings is 1. The van der Waals surface area contributed by atoms with Crippen molar-refractivity contribution < 1.29 is 28.0 Å². The topological polar surface area (TPSA) is 158 Å². The van der Waals surface area contributed by atoms with Gasteiger partial charge in [-0.2, -0.15) is 10.2 Å². The van der Waals surface area contributed by atoms with Crippen LogP contribution in [-0.2, 0) is 30.5 Å². The molecule has 1 fully saturated rings. The number of aryl methyl sites for hydroxylation is 1. The van der Waals surface area contributed by atoms with Gasteiger partial charge in [0, 0.05) is 25.0 Å². The van der Waals surface area contributed by atoms with Gasteiger partial charge in [-0.25, -0.2) is 9.65 Å². The lowest BCUT2D eigenvalue weighted by Crippen LogP contribution is -2.39. The first-order chi connectivity index (χ1) is 36.1. The normalized spacial score (nSPS) is 16.6. The van der Waals surface area contributed by atoms with Gasteiger partial charge in [-0.05, 0) is 119 Å². The van der Waals surface area contributed by atoms with Gasteiger partial charge in [0.1, 0.15) is 29.4 Å². The van der Waals surface area contributed by atoms with E-state index in [2.05, 4.69) is 120 Å². The summed E-state index contributed by atoms with van der Waals surface area (Å²) in [5, 5.41) is 20.5. The van der Waals surface area contributed by atoms with Gasteiger partial charge in [0.25, 0.3) is 14.1 Å². The first kappa shape index (κ1) is 50.6. The van der Waals surface area contributed by atoms with Gasteiger partial charge in [-0.15, -0.1) is 0 Å². The predicted octanol–water partition coefficient (Wildman–Crippen LogP) is 12.0. The maximum absolute atomic E-state index is 13.7. The Balaban J connectivity index is 0.959. The lowest BCUT2D eigenvalue weighted by Gasteiger charge is -2.39. The maximum Gasteiger partial charge on any atom is 0.280 e. The molecule has 15 heteroatoms. The molecule has 1 saturated heterocycles. The number of methoxy groups -OCH3 is 2. The molecule has 1 unspecified atom stereocenters. The summed E-state index contributed by atoms with van der Waals surface area (Å²) >= 11 is 0. The minimum absolute atomic E-state index is 0.0622. The zero-order valence-electron chi connectivity index (χ0n) is 42.7. The van der Waals surface area contributed by atoms with Crippen LogP contribution in [0.2, 0.25) is 0 Å². The molecule has 0 radical (unpaired) electrons. The third-order valence-corrected chi connectivity index (χ3v) is 16.1. The van der Waals surface area contributed by atoms with Crippen molar-refractivity contribution in [1.29, 1.82) is 5.26 Å². The maximum atomic E-state index is 13.7. The number of benzene rings is 7. The monoisotopic (exact) mass is 1010 g/mol. The van der Waals surface area contributed by atoms with Crippen molar-refractivity contribution in [1.82, 2.24) is 24.2 Å². The number of rotatable bonds is 22. The fourth-order valence-corrected chi connectivity index (χ4v) is 12.3. The summed E-state index contributed by atoms with van der Waals surface area (Å²) in [4.78, 5) is 26.2. The van der Waals surface area contributed by atoms with E-state index in [1.165, 1.54) is 37.9 Å². The number of nitriles is 1. The number of fused-ring (bicyclic) bond motifs is 1. The van der Waals surface area contributed by atoms with Crippen molar-refractivity contribution in [2.45, 2.75) is 89.5 Å².